The summed E-state index contributed by atoms with van der Waals surface area (Å²) in [6.07, 6.45) is -4.68. The van der Waals surface area contributed by atoms with Crippen LogP contribution in [0.15, 0.2) is 48.5 Å². The molecule has 0 aliphatic rings. The molecule has 0 bridgehead atoms. The van der Waals surface area contributed by atoms with E-state index in [9.17, 15) is 13.2 Å². The largest absolute Gasteiger partial charge is 0.573 e. The van der Waals surface area contributed by atoms with Crippen molar-refractivity contribution in [1.29, 1.82) is 0 Å². The highest BCUT2D eigenvalue weighted by molar-refractivity contribution is 5.43. The van der Waals surface area contributed by atoms with Crippen LogP contribution >= 0.6 is 0 Å². The van der Waals surface area contributed by atoms with Crippen molar-refractivity contribution in [3.05, 3.63) is 65.2 Å². The quantitative estimate of drug-likeness (QED) is 0.764. The molecule has 0 saturated heterocycles. The lowest BCUT2D eigenvalue weighted by atomic mass is 9.89. The van der Waals surface area contributed by atoms with Crippen molar-refractivity contribution in [2.24, 2.45) is 0 Å². The Bertz CT molecular complexity index is 590. The fourth-order valence-electron chi connectivity index (χ4n) is 2.30. The number of para-hydroxylation sites is 1. The molecule has 0 aliphatic carbocycles. The van der Waals surface area contributed by atoms with E-state index < -0.39 is 6.36 Å². The van der Waals surface area contributed by atoms with E-state index in [0.29, 0.717) is 5.56 Å². The third kappa shape index (κ3) is 3.32. The zero-order chi connectivity index (χ0) is 14.8. The number of benzene rings is 2. The van der Waals surface area contributed by atoms with Gasteiger partial charge in [0, 0.05) is 11.5 Å². The van der Waals surface area contributed by atoms with Crippen molar-refractivity contribution in [3.8, 4) is 5.75 Å². The lowest BCUT2D eigenvalue weighted by Crippen LogP contribution is -2.18. The average molecular weight is 280 g/mol. The van der Waals surface area contributed by atoms with Crippen molar-refractivity contribution in [2.75, 3.05) is 0 Å². The molecule has 20 heavy (non-hydrogen) atoms. The number of rotatable bonds is 3. The number of hydrogen-bond donors (Lipinski definition) is 0. The Morgan fingerprint density at radius 1 is 0.900 bits per heavy atom. The predicted octanol–water partition coefficient (Wildman–Crippen LogP) is 5.05. The van der Waals surface area contributed by atoms with E-state index >= 15 is 0 Å². The minimum atomic E-state index is -4.68. The van der Waals surface area contributed by atoms with Gasteiger partial charge >= 0.3 is 6.36 Å². The highest BCUT2D eigenvalue weighted by Gasteiger charge is 2.32. The first kappa shape index (κ1) is 14.4. The lowest BCUT2D eigenvalue weighted by Gasteiger charge is -2.19. The van der Waals surface area contributed by atoms with Gasteiger partial charge in [-0.05, 0) is 24.1 Å². The van der Waals surface area contributed by atoms with Crippen molar-refractivity contribution >= 4 is 0 Å². The molecule has 0 aliphatic heterocycles. The summed E-state index contributed by atoms with van der Waals surface area (Å²) in [7, 11) is 0. The van der Waals surface area contributed by atoms with Crippen LogP contribution in [0.1, 0.15) is 29.5 Å². The third-order valence-electron chi connectivity index (χ3n) is 3.27. The van der Waals surface area contributed by atoms with Crippen LogP contribution in [0.2, 0.25) is 0 Å². The van der Waals surface area contributed by atoms with Crippen molar-refractivity contribution in [2.45, 2.75) is 26.1 Å². The number of ether oxygens (including phenoxy) is 1. The first-order valence-corrected chi connectivity index (χ1v) is 6.28. The maximum absolute atomic E-state index is 12.4. The molecule has 0 N–H and O–H groups in total. The highest BCUT2D eigenvalue weighted by Crippen LogP contribution is 2.35. The molecule has 0 radical (unpaired) electrons. The average Bonchev–Trinajstić information content (AvgIpc) is 2.37. The van der Waals surface area contributed by atoms with E-state index in [4.69, 9.17) is 0 Å². The van der Waals surface area contributed by atoms with Crippen LogP contribution in [-0.2, 0) is 0 Å². The standard InChI is InChI=1S/C16H15F3O/c1-11-7-3-4-8-13(11)12(2)14-9-5-6-10-15(14)20-16(17,18)19/h3-10,12H,1-2H3. The van der Waals surface area contributed by atoms with Gasteiger partial charge < -0.3 is 4.74 Å². The molecule has 1 unspecified atom stereocenters. The van der Waals surface area contributed by atoms with Crippen LogP contribution in [0.25, 0.3) is 0 Å². The molecule has 2 aromatic carbocycles. The smallest absolute Gasteiger partial charge is 0.405 e. The molecule has 2 aromatic rings. The first-order chi connectivity index (χ1) is 9.38. The molecule has 1 nitrogen and oxygen atoms in total. The summed E-state index contributed by atoms with van der Waals surface area (Å²) in [5.41, 5.74) is 2.56. The Labute approximate surface area is 116 Å². The molecule has 0 aromatic heterocycles. The Kier molecular flexibility index (Phi) is 4.02. The van der Waals surface area contributed by atoms with Crippen LogP contribution in [0.4, 0.5) is 13.2 Å². The molecule has 0 fully saturated rings. The fourth-order valence-corrected chi connectivity index (χ4v) is 2.30. The monoisotopic (exact) mass is 280 g/mol. The number of hydrogen-bond acceptors (Lipinski definition) is 1. The van der Waals surface area contributed by atoms with Gasteiger partial charge in [-0.25, -0.2) is 0 Å². The van der Waals surface area contributed by atoms with Gasteiger partial charge in [-0.15, -0.1) is 13.2 Å². The summed E-state index contributed by atoms with van der Waals surface area (Å²) in [6.45, 7) is 3.82. The summed E-state index contributed by atoms with van der Waals surface area (Å²) < 4.78 is 41.4. The fraction of sp³-hybridized carbons (Fsp3) is 0.250. The molecular weight excluding hydrogens is 265 g/mol. The Balaban J connectivity index is 2.40. The molecule has 0 spiro atoms. The van der Waals surface area contributed by atoms with Crippen molar-refractivity contribution in [3.63, 3.8) is 0 Å². The van der Waals surface area contributed by atoms with Crippen molar-refractivity contribution in [1.82, 2.24) is 0 Å². The summed E-state index contributed by atoms with van der Waals surface area (Å²) in [6, 6.07) is 13.9. The Morgan fingerprint density at radius 3 is 2.05 bits per heavy atom. The second-order valence-electron chi connectivity index (χ2n) is 4.66. The minimum absolute atomic E-state index is 0.143. The van der Waals surface area contributed by atoms with Crippen LogP contribution in [0, 0.1) is 6.92 Å². The second-order valence-corrected chi connectivity index (χ2v) is 4.66. The van der Waals surface area contributed by atoms with Gasteiger partial charge in [0.1, 0.15) is 5.75 Å². The van der Waals surface area contributed by atoms with Gasteiger partial charge in [0.25, 0.3) is 0 Å². The maximum atomic E-state index is 12.4. The molecule has 1 atom stereocenters. The highest BCUT2D eigenvalue weighted by atomic mass is 19.4. The second kappa shape index (κ2) is 5.57. The molecule has 0 heterocycles. The predicted molar refractivity (Wildman–Crippen MR) is 71.8 cm³/mol. The Morgan fingerprint density at radius 2 is 1.45 bits per heavy atom. The molecule has 106 valence electrons. The zero-order valence-electron chi connectivity index (χ0n) is 11.2. The van der Waals surface area contributed by atoms with E-state index in [1.54, 1.807) is 12.1 Å². The summed E-state index contributed by atoms with van der Waals surface area (Å²) >= 11 is 0. The number of halogens is 3. The summed E-state index contributed by atoms with van der Waals surface area (Å²) in [5.74, 6) is -0.314. The topological polar surface area (TPSA) is 9.23 Å². The Hall–Kier alpha value is -1.97. The van der Waals surface area contributed by atoms with Gasteiger partial charge in [-0.2, -0.15) is 0 Å². The molecule has 2 rings (SSSR count). The van der Waals surface area contributed by atoms with Crippen molar-refractivity contribution < 1.29 is 17.9 Å². The van der Waals surface area contributed by atoms with E-state index in [1.807, 2.05) is 38.1 Å². The zero-order valence-corrected chi connectivity index (χ0v) is 11.2. The van der Waals surface area contributed by atoms with E-state index in [1.165, 1.54) is 12.1 Å². The molecule has 0 saturated carbocycles. The lowest BCUT2D eigenvalue weighted by molar-refractivity contribution is -0.274. The SMILES string of the molecule is Cc1ccccc1C(C)c1ccccc1OC(F)(F)F. The van der Waals surface area contributed by atoms with Gasteiger partial charge in [0.15, 0.2) is 0 Å². The van der Waals surface area contributed by atoms with E-state index in [-0.39, 0.29) is 11.7 Å². The van der Waals surface area contributed by atoms with Gasteiger partial charge in [-0.3, -0.25) is 0 Å². The summed E-state index contributed by atoms with van der Waals surface area (Å²) in [4.78, 5) is 0. The molecule has 4 heteroatoms. The van der Waals surface area contributed by atoms with E-state index in [2.05, 4.69) is 4.74 Å². The maximum Gasteiger partial charge on any atom is 0.573 e. The minimum Gasteiger partial charge on any atom is -0.405 e. The van der Waals surface area contributed by atoms with Crippen LogP contribution in [0.5, 0.6) is 5.75 Å². The molecular formula is C16H15F3O. The van der Waals surface area contributed by atoms with Gasteiger partial charge in [0.2, 0.25) is 0 Å². The van der Waals surface area contributed by atoms with Crippen LogP contribution in [-0.4, -0.2) is 6.36 Å². The molecule has 0 amide bonds. The number of aryl methyl sites for hydroxylation is 1. The van der Waals surface area contributed by atoms with Gasteiger partial charge in [-0.1, -0.05) is 49.4 Å². The third-order valence-corrected chi connectivity index (χ3v) is 3.27. The number of alkyl halides is 3. The van der Waals surface area contributed by atoms with E-state index in [0.717, 1.165) is 11.1 Å². The first-order valence-electron chi connectivity index (χ1n) is 6.28. The van der Waals surface area contributed by atoms with Crippen LogP contribution < -0.4 is 4.74 Å². The normalized spacial score (nSPS) is 13.1. The van der Waals surface area contributed by atoms with Crippen LogP contribution in [0.3, 0.4) is 0 Å². The summed E-state index contributed by atoms with van der Waals surface area (Å²) in [5, 5.41) is 0. The van der Waals surface area contributed by atoms with Gasteiger partial charge in [0.05, 0.1) is 0 Å².